The van der Waals surface area contributed by atoms with Gasteiger partial charge in [0.2, 0.25) is 10.0 Å². The predicted molar refractivity (Wildman–Crippen MR) is 69.4 cm³/mol. The third kappa shape index (κ3) is 5.63. The van der Waals surface area contributed by atoms with E-state index in [0.29, 0.717) is 10.7 Å². The Bertz CT molecular complexity index is 257. The number of hydrogen-bond donors (Lipinski definition) is 1. The average molecular weight is 367 g/mol. The standard InChI is InChI=1S/C8H17Br2NO3S/c1-3-8(6-9,7-10)11-15(12,13)5-4-14-2/h11H,3-7H2,1-2H3. The normalized spacial score (nSPS) is 13.1. The minimum absolute atomic E-state index is 0.00868. The van der Waals surface area contributed by atoms with Crippen molar-refractivity contribution in [3.63, 3.8) is 0 Å². The molecular weight excluding hydrogens is 350 g/mol. The van der Waals surface area contributed by atoms with Crippen molar-refractivity contribution >= 4 is 41.9 Å². The van der Waals surface area contributed by atoms with E-state index in [-0.39, 0.29) is 12.4 Å². The van der Waals surface area contributed by atoms with Gasteiger partial charge in [-0.25, -0.2) is 13.1 Å². The van der Waals surface area contributed by atoms with Gasteiger partial charge in [-0.05, 0) is 6.42 Å². The highest BCUT2D eigenvalue weighted by Gasteiger charge is 2.30. The van der Waals surface area contributed by atoms with Gasteiger partial charge in [-0.3, -0.25) is 0 Å². The zero-order valence-corrected chi connectivity index (χ0v) is 12.9. The van der Waals surface area contributed by atoms with E-state index in [0.717, 1.165) is 6.42 Å². The van der Waals surface area contributed by atoms with E-state index in [1.807, 2.05) is 6.92 Å². The SMILES string of the molecule is CCC(CBr)(CBr)NS(=O)(=O)CCOC. The van der Waals surface area contributed by atoms with E-state index in [1.54, 1.807) is 0 Å². The van der Waals surface area contributed by atoms with E-state index in [4.69, 9.17) is 4.74 Å². The third-order valence-corrected chi connectivity index (χ3v) is 5.71. The largest absolute Gasteiger partial charge is 0.384 e. The van der Waals surface area contributed by atoms with E-state index >= 15 is 0 Å². The van der Waals surface area contributed by atoms with Crippen LogP contribution in [-0.4, -0.2) is 44.1 Å². The van der Waals surface area contributed by atoms with Crippen LogP contribution >= 0.6 is 31.9 Å². The van der Waals surface area contributed by atoms with Gasteiger partial charge in [0, 0.05) is 17.8 Å². The maximum atomic E-state index is 11.6. The highest BCUT2D eigenvalue weighted by molar-refractivity contribution is 9.09. The molecule has 0 aromatic heterocycles. The number of methoxy groups -OCH3 is 1. The van der Waals surface area contributed by atoms with Crippen LogP contribution < -0.4 is 4.72 Å². The smallest absolute Gasteiger partial charge is 0.214 e. The second kappa shape index (κ2) is 7.21. The fraction of sp³-hybridized carbons (Fsp3) is 1.00. The summed E-state index contributed by atoms with van der Waals surface area (Å²) in [5, 5.41) is 1.15. The molecule has 0 bridgehead atoms. The summed E-state index contributed by atoms with van der Waals surface area (Å²) < 4.78 is 30.7. The van der Waals surface area contributed by atoms with Crippen molar-refractivity contribution in [1.82, 2.24) is 4.72 Å². The van der Waals surface area contributed by atoms with Crippen molar-refractivity contribution in [1.29, 1.82) is 0 Å². The van der Waals surface area contributed by atoms with Crippen LogP contribution in [0.15, 0.2) is 0 Å². The van der Waals surface area contributed by atoms with Crippen molar-refractivity contribution < 1.29 is 13.2 Å². The van der Waals surface area contributed by atoms with Crippen molar-refractivity contribution in [2.24, 2.45) is 0 Å². The summed E-state index contributed by atoms with van der Waals surface area (Å²) in [5.74, 6) is -0.00868. The summed E-state index contributed by atoms with van der Waals surface area (Å²) in [6.45, 7) is 2.15. The van der Waals surface area contributed by atoms with Crippen molar-refractivity contribution in [2.45, 2.75) is 18.9 Å². The fourth-order valence-corrected chi connectivity index (χ4v) is 4.74. The number of ether oxygens (including phenoxy) is 1. The summed E-state index contributed by atoms with van der Waals surface area (Å²) in [7, 11) is -1.79. The summed E-state index contributed by atoms with van der Waals surface area (Å²) in [6, 6.07) is 0. The Balaban J connectivity index is 4.52. The van der Waals surface area contributed by atoms with Crippen LogP contribution in [0, 0.1) is 0 Å². The molecule has 4 nitrogen and oxygen atoms in total. The first-order chi connectivity index (χ1) is 6.95. The van der Waals surface area contributed by atoms with Crippen LogP contribution in [0.1, 0.15) is 13.3 Å². The summed E-state index contributed by atoms with van der Waals surface area (Å²) in [6.07, 6.45) is 0.718. The van der Waals surface area contributed by atoms with Crippen LogP contribution in [-0.2, 0) is 14.8 Å². The van der Waals surface area contributed by atoms with Crippen molar-refractivity contribution in [3.05, 3.63) is 0 Å². The zero-order valence-electron chi connectivity index (χ0n) is 8.92. The van der Waals surface area contributed by atoms with Crippen LogP contribution in [0.4, 0.5) is 0 Å². The first-order valence-corrected chi connectivity index (χ1v) is 8.47. The molecule has 0 heterocycles. The number of halogens is 2. The molecule has 0 aliphatic rings. The Morgan fingerprint density at radius 1 is 1.33 bits per heavy atom. The lowest BCUT2D eigenvalue weighted by Gasteiger charge is -2.29. The second-order valence-corrected chi connectivity index (χ2v) is 6.28. The Labute approximate surface area is 108 Å². The summed E-state index contributed by atoms with van der Waals surface area (Å²) >= 11 is 6.65. The highest BCUT2D eigenvalue weighted by Crippen LogP contribution is 2.18. The predicted octanol–water partition coefficient (Wildman–Crippen LogP) is 1.49. The van der Waals surface area contributed by atoms with Crippen LogP contribution in [0.2, 0.25) is 0 Å². The molecule has 0 saturated heterocycles. The molecule has 7 heteroatoms. The molecule has 15 heavy (non-hydrogen) atoms. The van der Waals surface area contributed by atoms with E-state index < -0.39 is 15.6 Å². The van der Waals surface area contributed by atoms with Gasteiger partial charge in [0.15, 0.2) is 0 Å². The maximum Gasteiger partial charge on any atom is 0.214 e. The Kier molecular flexibility index (Phi) is 7.61. The van der Waals surface area contributed by atoms with Gasteiger partial charge in [-0.15, -0.1) is 0 Å². The number of rotatable bonds is 8. The second-order valence-electron chi connectivity index (χ2n) is 3.31. The molecule has 0 aromatic carbocycles. The van der Waals surface area contributed by atoms with Gasteiger partial charge in [0.1, 0.15) is 0 Å². The first-order valence-electron chi connectivity index (χ1n) is 4.58. The van der Waals surface area contributed by atoms with Gasteiger partial charge < -0.3 is 4.74 Å². The molecule has 0 atom stereocenters. The summed E-state index contributed by atoms with van der Waals surface area (Å²) in [5.41, 5.74) is -0.452. The van der Waals surface area contributed by atoms with Gasteiger partial charge in [-0.1, -0.05) is 38.8 Å². The number of nitrogens with one attached hydrogen (secondary N) is 1. The highest BCUT2D eigenvalue weighted by atomic mass is 79.9. The molecule has 0 radical (unpaired) electrons. The lowest BCUT2D eigenvalue weighted by Crippen LogP contribution is -2.51. The fourth-order valence-electron chi connectivity index (χ4n) is 0.925. The average Bonchev–Trinajstić information content (AvgIpc) is 2.23. The molecule has 0 aromatic rings. The minimum atomic E-state index is -3.27. The van der Waals surface area contributed by atoms with Crippen LogP contribution in [0.5, 0.6) is 0 Å². The van der Waals surface area contributed by atoms with Crippen LogP contribution in [0.3, 0.4) is 0 Å². The minimum Gasteiger partial charge on any atom is -0.384 e. The van der Waals surface area contributed by atoms with Crippen LogP contribution in [0.25, 0.3) is 0 Å². The maximum absolute atomic E-state index is 11.6. The molecule has 0 aliphatic carbocycles. The molecule has 0 rings (SSSR count). The van der Waals surface area contributed by atoms with Gasteiger partial charge >= 0.3 is 0 Å². The zero-order chi connectivity index (χ0) is 11.9. The lowest BCUT2D eigenvalue weighted by molar-refractivity contribution is 0.216. The van der Waals surface area contributed by atoms with E-state index in [9.17, 15) is 8.42 Å². The summed E-state index contributed by atoms with van der Waals surface area (Å²) in [4.78, 5) is 0. The molecule has 1 N–H and O–H groups in total. The quantitative estimate of drug-likeness (QED) is 0.662. The van der Waals surface area contributed by atoms with E-state index in [2.05, 4.69) is 36.6 Å². The van der Waals surface area contributed by atoms with Crippen molar-refractivity contribution in [3.8, 4) is 0 Å². The molecule has 0 unspecified atom stereocenters. The Morgan fingerprint density at radius 2 is 1.87 bits per heavy atom. The first kappa shape index (κ1) is 15.8. The Morgan fingerprint density at radius 3 is 2.20 bits per heavy atom. The lowest BCUT2D eigenvalue weighted by atomic mass is 10.0. The number of hydrogen-bond acceptors (Lipinski definition) is 3. The molecular formula is C8H17Br2NO3S. The molecule has 0 aliphatic heterocycles. The molecule has 0 spiro atoms. The van der Waals surface area contributed by atoms with Gasteiger partial charge in [0.05, 0.1) is 17.9 Å². The number of alkyl halides is 2. The topological polar surface area (TPSA) is 55.4 Å². The molecule has 0 fully saturated rings. The molecule has 0 saturated carbocycles. The van der Waals surface area contributed by atoms with E-state index in [1.165, 1.54) is 7.11 Å². The Hall–Kier alpha value is 0.830. The monoisotopic (exact) mass is 365 g/mol. The van der Waals surface area contributed by atoms with Gasteiger partial charge in [0.25, 0.3) is 0 Å². The van der Waals surface area contributed by atoms with Gasteiger partial charge in [-0.2, -0.15) is 0 Å². The van der Waals surface area contributed by atoms with Crippen molar-refractivity contribution in [2.75, 3.05) is 30.1 Å². The number of sulfonamides is 1. The molecule has 0 amide bonds. The molecule has 92 valence electrons. The third-order valence-electron chi connectivity index (χ3n) is 2.12.